The highest BCUT2D eigenvalue weighted by Gasteiger charge is 2.11. The van der Waals surface area contributed by atoms with Crippen LogP contribution in [0.5, 0.6) is 0 Å². The monoisotopic (exact) mass is 271 g/mol. The third-order valence-electron chi connectivity index (χ3n) is 3.07. The number of fused-ring (bicyclic) bond motifs is 1. The number of carbonyl (C=O) groups is 1. The zero-order chi connectivity index (χ0) is 13.4. The van der Waals surface area contributed by atoms with Crippen molar-refractivity contribution < 1.29 is 9.90 Å². The highest BCUT2D eigenvalue weighted by molar-refractivity contribution is 6.30. The standard InChI is InChI=1S/C15H10ClNO2/c16-11-3-1-9(2-4-11)13-7-10(15(18)19)8-14-12(13)5-6-17-14/h1-8,17H,(H,18,19). The van der Waals surface area contributed by atoms with Crippen LogP contribution >= 0.6 is 11.6 Å². The average molecular weight is 272 g/mol. The second-order valence-corrected chi connectivity index (χ2v) is 4.71. The van der Waals surface area contributed by atoms with E-state index >= 15 is 0 Å². The predicted octanol–water partition coefficient (Wildman–Crippen LogP) is 4.19. The lowest BCUT2D eigenvalue weighted by molar-refractivity contribution is 0.0697. The molecule has 0 saturated heterocycles. The Morgan fingerprint density at radius 2 is 1.84 bits per heavy atom. The molecule has 3 nitrogen and oxygen atoms in total. The second-order valence-electron chi connectivity index (χ2n) is 4.27. The molecule has 2 N–H and O–H groups in total. The molecular formula is C15H10ClNO2. The van der Waals surface area contributed by atoms with Gasteiger partial charge in [-0.2, -0.15) is 0 Å². The van der Waals surface area contributed by atoms with Gasteiger partial charge in [0.05, 0.1) is 5.56 Å². The van der Waals surface area contributed by atoms with Gasteiger partial charge in [-0.25, -0.2) is 4.79 Å². The zero-order valence-corrected chi connectivity index (χ0v) is 10.6. The number of carboxylic acid groups (broad SMARTS) is 1. The molecule has 0 fully saturated rings. The lowest BCUT2D eigenvalue weighted by atomic mass is 9.99. The number of hydrogen-bond donors (Lipinski definition) is 2. The summed E-state index contributed by atoms with van der Waals surface area (Å²) in [5.41, 5.74) is 2.90. The van der Waals surface area contributed by atoms with Crippen molar-refractivity contribution in [2.45, 2.75) is 0 Å². The summed E-state index contributed by atoms with van der Waals surface area (Å²) in [7, 11) is 0. The highest BCUT2D eigenvalue weighted by atomic mass is 35.5. The topological polar surface area (TPSA) is 53.1 Å². The number of halogens is 1. The first-order chi connectivity index (χ1) is 9.15. The molecule has 3 aromatic rings. The number of aromatic carboxylic acids is 1. The Labute approximate surface area is 114 Å². The highest BCUT2D eigenvalue weighted by Crippen LogP contribution is 2.30. The first kappa shape index (κ1) is 11.8. The van der Waals surface area contributed by atoms with Crippen molar-refractivity contribution in [3.63, 3.8) is 0 Å². The van der Waals surface area contributed by atoms with Gasteiger partial charge in [0, 0.05) is 22.1 Å². The molecule has 0 atom stereocenters. The van der Waals surface area contributed by atoms with Gasteiger partial charge in [0.25, 0.3) is 0 Å². The molecule has 0 saturated carbocycles. The minimum atomic E-state index is -0.938. The molecule has 94 valence electrons. The van der Waals surface area contributed by atoms with Crippen LogP contribution in [-0.4, -0.2) is 16.1 Å². The van der Waals surface area contributed by atoms with E-state index in [1.807, 2.05) is 18.2 Å². The summed E-state index contributed by atoms with van der Waals surface area (Å²) in [5.74, 6) is -0.938. The summed E-state index contributed by atoms with van der Waals surface area (Å²) in [6, 6.07) is 12.6. The smallest absolute Gasteiger partial charge is 0.335 e. The Morgan fingerprint density at radius 3 is 2.53 bits per heavy atom. The fourth-order valence-electron chi connectivity index (χ4n) is 2.16. The SMILES string of the molecule is O=C(O)c1cc(-c2ccc(Cl)cc2)c2cc[nH]c2c1. The third kappa shape index (κ3) is 2.09. The first-order valence-electron chi connectivity index (χ1n) is 5.75. The molecule has 0 aliphatic rings. The molecule has 3 rings (SSSR count). The number of carboxylic acids is 1. The molecule has 0 unspecified atom stereocenters. The van der Waals surface area contributed by atoms with E-state index < -0.39 is 5.97 Å². The van der Waals surface area contributed by atoms with Crippen LogP contribution in [0.25, 0.3) is 22.0 Å². The van der Waals surface area contributed by atoms with Crippen molar-refractivity contribution in [3.8, 4) is 11.1 Å². The fourth-order valence-corrected chi connectivity index (χ4v) is 2.28. The maximum Gasteiger partial charge on any atom is 0.335 e. The maximum atomic E-state index is 11.2. The number of hydrogen-bond acceptors (Lipinski definition) is 1. The van der Waals surface area contributed by atoms with Crippen LogP contribution in [0.15, 0.2) is 48.7 Å². The summed E-state index contributed by atoms with van der Waals surface area (Å²) in [6.45, 7) is 0. The van der Waals surface area contributed by atoms with E-state index in [4.69, 9.17) is 16.7 Å². The Kier molecular flexibility index (Phi) is 2.76. The molecule has 0 spiro atoms. The second kappa shape index (κ2) is 4.44. The van der Waals surface area contributed by atoms with Crippen LogP contribution in [0.2, 0.25) is 5.02 Å². The number of benzene rings is 2. The summed E-state index contributed by atoms with van der Waals surface area (Å²) in [6.07, 6.45) is 1.80. The number of aromatic nitrogens is 1. The van der Waals surface area contributed by atoms with Gasteiger partial charge in [-0.3, -0.25) is 0 Å². The van der Waals surface area contributed by atoms with E-state index in [1.165, 1.54) is 0 Å². The van der Waals surface area contributed by atoms with Gasteiger partial charge >= 0.3 is 5.97 Å². The maximum absolute atomic E-state index is 11.2. The Bertz CT molecular complexity index is 759. The lowest BCUT2D eigenvalue weighted by Gasteiger charge is -2.06. The van der Waals surface area contributed by atoms with Gasteiger partial charge in [-0.05, 0) is 41.5 Å². The van der Waals surface area contributed by atoms with Crippen molar-refractivity contribution in [3.05, 3.63) is 59.2 Å². The molecule has 4 heteroatoms. The summed E-state index contributed by atoms with van der Waals surface area (Å²) in [5, 5.41) is 10.8. The third-order valence-corrected chi connectivity index (χ3v) is 3.32. The van der Waals surface area contributed by atoms with Crippen LogP contribution in [0.3, 0.4) is 0 Å². The fraction of sp³-hybridized carbons (Fsp3) is 0. The van der Waals surface area contributed by atoms with Gasteiger partial charge in [0.1, 0.15) is 0 Å². The number of nitrogens with one attached hydrogen (secondary N) is 1. The zero-order valence-electron chi connectivity index (χ0n) is 9.85. The van der Waals surface area contributed by atoms with E-state index in [0.29, 0.717) is 5.02 Å². The van der Waals surface area contributed by atoms with Gasteiger partial charge in [-0.1, -0.05) is 23.7 Å². The van der Waals surface area contributed by atoms with Crippen LogP contribution in [0.1, 0.15) is 10.4 Å². The molecule has 19 heavy (non-hydrogen) atoms. The molecule has 0 bridgehead atoms. The van der Waals surface area contributed by atoms with E-state index in [-0.39, 0.29) is 5.56 Å². The normalized spacial score (nSPS) is 10.8. The van der Waals surface area contributed by atoms with Crippen LogP contribution in [-0.2, 0) is 0 Å². The first-order valence-corrected chi connectivity index (χ1v) is 6.13. The van der Waals surface area contributed by atoms with Crippen molar-refractivity contribution in [1.29, 1.82) is 0 Å². The van der Waals surface area contributed by atoms with Gasteiger partial charge in [-0.15, -0.1) is 0 Å². The average Bonchev–Trinajstić information content (AvgIpc) is 2.86. The Hall–Kier alpha value is -2.26. The summed E-state index contributed by atoms with van der Waals surface area (Å²) < 4.78 is 0. The minimum absolute atomic E-state index is 0.264. The van der Waals surface area contributed by atoms with Crippen LogP contribution < -0.4 is 0 Å². The van der Waals surface area contributed by atoms with Gasteiger partial charge < -0.3 is 10.1 Å². The molecule has 2 aromatic carbocycles. The van der Waals surface area contributed by atoms with E-state index in [0.717, 1.165) is 22.0 Å². The van der Waals surface area contributed by atoms with Crippen LogP contribution in [0.4, 0.5) is 0 Å². The minimum Gasteiger partial charge on any atom is -0.478 e. The molecular weight excluding hydrogens is 262 g/mol. The van der Waals surface area contributed by atoms with Crippen molar-refractivity contribution in [2.75, 3.05) is 0 Å². The van der Waals surface area contributed by atoms with Crippen LogP contribution in [0, 0.1) is 0 Å². The van der Waals surface area contributed by atoms with Crippen molar-refractivity contribution in [1.82, 2.24) is 4.98 Å². The number of H-pyrrole nitrogens is 1. The summed E-state index contributed by atoms with van der Waals surface area (Å²) >= 11 is 5.88. The van der Waals surface area contributed by atoms with Crippen molar-refractivity contribution in [2.24, 2.45) is 0 Å². The summed E-state index contributed by atoms with van der Waals surface area (Å²) in [4.78, 5) is 14.2. The number of aromatic amines is 1. The van der Waals surface area contributed by atoms with Gasteiger partial charge in [0.2, 0.25) is 0 Å². The molecule has 0 amide bonds. The van der Waals surface area contributed by atoms with E-state index in [9.17, 15) is 4.79 Å². The largest absolute Gasteiger partial charge is 0.478 e. The molecule has 1 aromatic heterocycles. The Balaban J connectivity index is 2.29. The van der Waals surface area contributed by atoms with E-state index in [2.05, 4.69) is 4.98 Å². The molecule has 0 radical (unpaired) electrons. The quantitative estimate of drug-likeness (QED) is 0.734. The Morgan fingerprint density at radius 1 is 1.11 bits per heavy atom. The lowest BCUT2D eigenvalue weighted by Crippen LogP contribution is -1.96. The molecule has 0 aliphatic carbocycles. The van der Waals surface area contributed by atoms with Crippen molar-refractivity contribution >= 4 is 28.5 Å². The number of rotatable bonds is 2. The molecule has 0 aliphatic heterocycles. The molecule has 1 heterocycles. The van der Waals surface area contributed by atoms with Gasteiger partial charge in [0.15, 0.2) is 0 Å². The predicted molar refractivity (Wildman–Crippen MR) is 75.7 cm³/mol. The van der Waals surface area contributed by atoms with E-state index in [1.54, 1.807) is 30.5 Å².